The van der Waals surface area contributed by atoms with Crippen molar-refractivity contribution in [3.05, 3.63) is 29.3 Å². The molecule has 3 heteroatoms. The molecule has 0 radical (unpaired) electrons. The molecule has 0 heterocycles. The van der Waals surface area contributed by atoms with E-state index in [1.54, 1.807) is 0 Å². The van der Waals surface area contributed by atoms with Gasteiger partial charge in [-0.25, -0.2) is 0 Å². The van der Waals surface area contributed by atoms with E-state index in [4.69, 9.17) is 15.9 Å². The van der Waals surface area contributed by atoms with Gasteiger partial charge in [0.25, 0.3) is 0 Å². The average molecular weight is 178 g/mol. The summed E-state index contributed by atoms with van der Waals surface area (Å²) >= 11 is 0. The maximum Gasteiger partial charge on any atom is 0.145 e. The zero-order valence-corrected chi connectivity index (χ0v) is 7.92. The fourth-order valence-electron chi connectivity index (χ4n) is 1.12. The summed E-state index contributed by atoms with van der Waals surface area (Å²) in [6, 6.07) is 5.91. The van der Waals surface area contributed by atoms with Crippen LogP contribution in [0.5, 0.6) is 5.75 Å². The van der Waals surface area contributed by atoms with Gasteiger partial charge < -0.3 is 10.5 Å². The number of rotatable bonds is 3. The number of benzene rings is 1. The Bertz CT molecular complexity index is 321. The molecule has 0 bridgehead atoms. The molecule has 3 N–H and O–H groups in total. The smallest absolute Gasteiger partial charge is 0.145 e. The van der Waals surface area contributed by atoms with Gasteiger partial charge in [-0.1, -0.05) is 17.7 Å². The topological polar surface area (TPSA) is 59.1 Å². The molecule has 0 aliphatic heterocycles. The summed E-state index contributed by atoms with van der Waals surface area (Å²) in [6.07, 6.45) is 0. The Morgan fingerprint density at radius 1 is 1.46 bits per heavy atom. The molecule has 0 atom stereocenters. The van der Waals surface area contributed by atoms with Crippen LogP contribution < -0.4 is 10.5 Å². The van der Waals surface area contributed by atoms with Crippen molar-refractivity contribution in [2.24, 2.45) is 5.73 Å². The zero-order valence-electron chi connectivity index (χ0n) is 7.92. The van der Waals surface area contributed by atoms with Crippen LogP contribution in [0.3, 0.4) is 0 Å². The normalized spacial score (nSPS) is 9.69. The maximum atomic E-state index is 7.01. The molecule has 0 saturated carbocycles. The minimum atomic E-state index is 0.0416. The van der Waals surface area contributed by atoms with Crippen LogP contribution in [0.1, 0.15) is 11.1 Å². The first-order valence-corrected chi connectivity index (χ1v) is 4.12. The Hall–Kier alpha value is -1.51. The van der Waals surface area contributed by atoms with E-state index in [0.29, 0.717) is 0 Å². The summed E-state index contributed by atoms with van der Waals surface area (Å²) in [5.41, 5.74) is 7.45. The summed E-state index contributed by atoms with van der Waals surface area (Å²) < 4.78 is 5.30. The highest BCUT2D eigenvalue weighted by Crippen LogP contribution is 2.18. The maximum absolute atomic E-state index is 7.01. The van der Waals surface area contributed by atoms with E-state index < -0.39 is 0 Å². The lowest BCUT2D eigenvalue weighted by molar-refractivity contribution is 0.371. The monoisotopic (exact) mass is 178 g/mol. The van der Waals surface area contributed by atoms with Gasteiger partial charge in [0.2, 0.25) is 0 Å². The van der Waals surface area contributed by atoms with Crippen LogP contribution in [-0.4, -0.2) is 12.4 Å². The van der Waals surface area contributed by atoms with Gasteiger partial charge in [-0.05, 0) is 25.5 Å². The molecule has 0 unspecified atom stereocenters. The molecule has 1 aromatic carbocycles. The first kappa shape index (κ1) is 9.58. The molecule has 1 rings (SSSR count). The molecule has 0 aliphatic carbocycles. The summed E-state index contributed by atoms with van der Waals surface area (Å²) in [5, 5.41) is 7.01. The minimum absolute atomic E-state index is 0.0416. The number of nitrogens with two attached hydrogens (primary N) is 1. The second-order valence-electron chi connectivity index (χ2n) is 3.08. The molecule has 0 aliphatic rings. The third-order valence-corrected chi connectivity index (χ3v) is 1.71. The average Bonchev–Trinajstić information content (AvgIpc) is 2.02. The van der Waals surface area contributed by atoms with Crippen LogP contribution in [0.2, 0.25) is 0 Å². The van der Waals surface area contributed by atoms with E-state index in [1.807, 2.05) is 32.0 Å². The first-order valence-electron chi connectivity index (χ1n) is 4.12. The Morgan fingerprint density at radius 3 is 2.69 bits per heavy atom. The molecular formula is C10H14N2O. The van der Waals surface area contributed by atoms with Crippen LogP contribution in [0.15, 0.2) is 18.2 Å². The number of hydrogen-bond acceptors (Lipinski definition) is 2. The lowest BCUT2D eigenvalue weighted by atomic mass is 10.1. The van der Waals surface area contributed by atoms with Crippen molar-refractivity contribution in [1.29, 1.82) is 5.41 Å². The molecule has 3 nitrogen and oxygen atoms in total. The number of nitrogens with one attached hydrogen (secondary N) is 1. The van der Waals surface area contributed by atoms with Gasteiger partial charge in [0.1, 0.15) is 18.2 Å². The highest BCUT2D eigenvalue weighted by Gasteiger charge is 1.99. The molecule has 0 amide bonds. The van der Waals surface area contributed by atoms with Crippen molar-refractivity contribution in [3.8, 4) is 5.75 Å². The molecule has 0 spiro atoms. The number of aryl methyl sites for hydroxylation is 2. The lowest BCUT2D eigenvalue weighted by Crippen LogP contribution is -2.19. The van der Waals surface area contributed by atoms with Gasteiger partial charge in [-0.15, -0.1) is 0 Å². The zero-order chi connectivity index (χ0) is 9.84. The molecule has 13 heavy (non-hydrogen) atoms. The van der Waals surface area contributed by atoms with Crippen LogP contribution in [0.25, 0.3) is 0 Å². The largest absolute Gasteiger partial charge is 0.485 e. The quantitative estimate of drug-likeness (QED) is 0.545. The molecule has 0 saturated heterocycles. The van der Waals surface area contributed by atoms with Crippen LogP contribution in [0, 0.1) is 19.3 Å². The van der Waals surface area contributed by atoms with Gasteiger partial charge in [-0.2, -0.15) is 0 Å². The predicted molar refractivity (Wildman–Crippen MR) is 53.3 cm³/mol. The van der Waals surface area contributed by atoms with Crippen molar-refractivity contribution in [2.45, 2.75) is 13.8 Å². The van der Waals surface area contributed by atoms with Crippen LogP contribution in [0.4, 0.5) is 0 Å². The second kappa shape index (κ2) is 3.94. The lowest BCUT2D eigenvalue weighted by Gasteiger charge is -2.08. The summed E-state index contributed by atoms with van der Waals surface area (Å²) in [6.45, 7) is 4.16. The van der Waals surface area contributed by atoms with Gasteiger partial charge >= 0.3 is 0 Å². The van der Waals surface area contributed by atoms with E-state index >= 15 is 0 Å². The fraction of sp³-hybridized carbons (Fsp3) is 0.300. The molecule has 0 aromatic heterocycles. The highest BCUT2D eigenvalue weighted by molar-refractivity contribution is 5.78. The van der Waals surface area contributed by atoms with E-state index in [0.717, 1.165) is 11.3 Å². The molecule has 0 fully saturated rings. The second-order valence-corrected chi connectivity index (χ2v) is 3.08. The summed E-state index contributed by atoms with van der Waals surface area (Å²) in [5.74, 6) is 0.834. The fourth-order valence-corrected chi connectivity index (χ4v) is 1.12. The predicted octanol–water partition coefficient (Wildman–Crippen LogP) is 1.62. The van der Waals surface area contributed by atoms with E-state index in [1.165, 1.54) is 5.56 Å². The Balaban J connectivity index is 2.72. The van der Waals surface area contributed by atoms with E-state index in [9.17, 15) is 0 Å². The third kappa shape index (κ3) is 2.78. The van der Waals surface area contributed by atoms with Crippen molar-refractivity contribution < 1.29 is 4.74 Å². The van der Waals surface area contributed by atoms with Gasteiger partial charge in [0.15, 0.2) is 0 Å². The third-order valence-electron chi connectivity index (χ3n) is 1.71. The van der Waals surface area contributed by atoms with Crippen LogP contribution >= 0.6 is 0 Å². The minimum Gasteiger partial charge on any atom is -0.485 e. The first-order chi connectivity index (χ1) is 6.09. The van der Waals surface area contributed by atoms with Crippen molar-refractivity contribution in [3.63, 3.8) is 0 Å². The molecule has 1 aromatic rings. The Kier molecular flexibility index (Phi) is 2.90. The number of ether oxygens (including phenoxy) is 1. The van der Waals surface area contributed by atoms with Gasteiger partial charge in [0, 0.05) is 0 Å². The number of hydrogen-bond donors (Lipinski definition) is 2. The molecular weight excluding hydrogens is 164 g/mol. The van der Waals surface area contributed by atoms with Crippen molar-refractivity contribution in [1.82, 2.24) is 0 Å². The van der Waals surface area contributed by atoms with Gasteiger partial charge in [-0.3, -0.25) is 5.41 Å². The molecule has 70 valence electrons. The van der Waals surface area contributed by atoms with Crippen LogP contribution in [-0.2, 0) is 0 Å². The van der Waals surface area contributed by atoms with E-state index in [-0.39, 0.29) is 12.4 Å². The Labute approximate surface area is 78.0 Å². The Morgan fingerprint density at radius 2 is 2.15 bits per heavy atom. The van der Waals surface area contributed by atoms with Crippen molar-refractivity contribution in [2.75, 3.05) is 6.61 Å². The highest BCUT2D eigenvalue weighted by atomic mass is 16.5. The van der Waals surface area contributed by atoms with Gasteiger partial charge in [0.05, 0.1) is 0 Å². The van der Waals surface area contributed by atoms with Crippen molar-refractivity contribution >= 4 is 5.84 Å². The standard InChI is InChI=1S/C10H14N2O/c1-7-3-4-9(8(2)5-7)13-6-10(11)12/h3-5H,6H2,1-2H3,(H3,11,12). The number of amidine groups is 1. The summed E-state index contributed by atoms with van der Waals surface area (Å²) in [4.78, 5) is 0. The van der Waals surface area contributed by atoms with E-state index in [2.05, 4.69) is 0 Å². The summed E-state index contributed by atoms with van der Waals surface area (Å²) in [7, 11) is 0. The SMILES string of the molecule is Cc1ccc(OCC(=N)N)c(C)c1.